The Kier molecular flexibility index (Phi) is 4.85. The first-order valence-corrected chi connectivity index (χ1v) is 8.49. The Bertz CT molecular complexity index is 802. The molecule has 0 aliphatic rings. The maximum atomic E-state index is 12.5. The normalized spacial score (nSPS) is 11.5. The highest BCUT2D eigenvalue weighted by atomic mass is 32.2. The lowest BCUT2D eigenvalue weighted by atomic mass is 10.2. The van der Waals surface area contributed by atoms with E-state index in [1.54, 1.807) is 16.4 Å². The summed E-state index contributed by atoms with van der Waals surface area (Å²) in [6.07, 6.45) is 1.46. The topological polar surface area (TPSA) is 56.5 Å². The molecule has 120 valence electrons. The minimum absolute atomic E-state index is 0.234. The van der Waals surface area contributed by atoms with E-state index in [1.807, 2.05) is 24.3 Å². The third-order valence-corrected chi connectivity index (χ3v) is 4.42. The van der Waals surface area contributed by atoms with Crippen LogP contribution in [0.15, 0.2) is 35.6 Å². The van der Waals surface area contributed by atoms with Crippen molar-refractivity contribution in [2.24, 2.45) is 0 Å². The summed E-state index contributed by atoms with van der Waals surface area (Å²) < 4.78 is 14.1. The second-order valence-electron chi connectivity index (χ2n) is 5.44. The molecule has 23 heavy (non-hydrogen) atoms. The Morgan fingerprint density at radius 1 is 1.22 bits per heavy atom. The number of thioether (sulfide) groups is 1. The molecule has 0 aliphatic heterocycles. The average molecular weight is 331 g/mol. The Morgan fingerprint density at radius 2 is 2.04 bits per heavy atom. The van der Waals surface area contributed by atoms with Gasteiger partial charge in [0.05, 0.1) is 17.8 Å². The molecule has 0 saturated carbocycles. The molecular formula is C16H18FN5S. The van der Waals surface area contributed by atoms with Gasteiger partial charge in [-0.1, -0.05) is 43.8 Å². The monoisotopic (exact) mass is 331 g/mol. The summed E-state index contributed by atoms with van der Waals surface area (Å²) >= 11 is 1.58. The fourth-order valence-electron chi connectivity index (χ4n) is 2.23. The molecule has 3 aromatic rings. The van der Waals surface area contributed by atoms with Crippen LogP contribution in [0.25, 0.3) is 10.9 Å². The van der Waals surface area contributed by atoms with Gasteiger partial charge in [0.1, 0.15) is 29.7 Å². The molecular weight excluding hydrogens is 313 g/mol. The van der Waals surface area contributed by atoms with E-state index in [4.69, 9.17) is 4.98 Å². The van der Waals surface area contributed by atoms with E-state index < -0.39 is 6.67 Å². The summed E-state index contributed by atoms with van der Waals surface area (Å²) in [7, 11) is 0. The summed E-state index contributed by atoms with van der Waals surface area (Å²) in [5.74, 6) is 2.44. The molecule has 0 radical (unpaired) electrons. The molecule has 7 heteroatoms. The molecule has 2 aromatic heterocycles. The lowest BCUT2D eigenvalue weighted by Gasteiger charge is -2.10. The summed E-state index contributed by atoms with van der Waals surface area (Å²) in [5, 5.41) is 6.00. The van der Waals surface area contributed by atoms with E-state index in [9.17, 15) is 4.39 Å². The van der Waals surface area contributed by atoms with Gasteiger partial charge in [-0.2, -0.15) is 5.10 Å². The van der Waals surface area contributed by atoms with Crippen molar-refractivity contribution in [1.29, 1.82) is 0 Å². The maximum Gasteiger partial charge on any atom is 0.138 e. The maximum absolute atomic E-state index is 12.5. The van der Waals surface area contributed by atoms with Crippen LogP contribution in [0.5, 0.6) is 0 Å². The average Bonchev–Trinajstić information content (AvgIpc) is 3.00. The van der Waals surface area contributed by atoms with Gasteiger partial charge >= 0.3 is 0 Å². The largest absolute Gasteiger partial charge is 0.249 e. The van der Waals surface area contributed by atoms with E-state index in [0.717, 1.165) is 27.6 Å². The van der Waals surface area contributed by atoms with Gasteiger partial charge < -0.3 is 0 Å². The quantitative estimate of drug-likeness (QED) is 0.510. The standard InChI is InChI=1S/C16H18FN5S/c1-11(2)15-20-13-6-4-3-5-12(13)16(21-15)23-9-14-18-10-19-22(14)8-7-17/h3-6,10-11H,7-9H2,1-2H3. The van der Waals surface area contributed by atoms with Crippen LogP contribution in [0, 0.1) is 0 Å². The van der Waals surface area contributed by atoms with Crippen molar-refractivity contribution in [3.05, 3.63) is 42.2 Å². The van der Waals surface area contributed by atoms with E-state index in [-0.39, 0.29) is 12.5 Å². The van der Waals surface area contributed by atoms with E-state index in [0.29, 0.717) is 5.75 Å². The number of fused-ring (bicyclic) bond motifs is 1. The SMILES string of the molecule is CC(C)c1nc(SCc2ncnn2CCF)c2ccccc2n1. The van der Waals surface area contributed by atoms with Gasteiger partial charge in [-0.25, -0.2) is 24.0 Å². The van der Waals surface area contributed by atoms with Crippen molar-refractivity contribution in [2.75, 3.05) is 6.67 Å². The zero-order valence-corrected chi connectivity index (χ0v) is 13.9. The number of hydrogen-bond donors (Lipinski definition) is 0. The van der Waals surface area contributed by atoms with Crippen molar-refractivity contribution in [2.45, 2.75) is 37.1 Å². The number of aryl methyl sites for hydroxylation is 1. The fraction of sp³-hybridized carbons (Fsp3) is 0.375. The molecule has 0 aliphatic carbocycles. The van der Waals surface area contributed by atoms with Crippen LogP contribution in [0.2, 0.25) is 0 Å². The molecule has 0 fully saturated rings. The van der Waals surface area contributed by atoms with Crippen molar-refractivity contribution < 1.29 is 4.39 Å². The summed E-state index contributed by atoms with van der Waals surface area (Å²) in [4.78, 5) is 13.5. The van der Waals surface area contributed by atoms with Gasteiger partial charge in [-0.15, -0.1) is 0 Å². The predicted octanol–water partition coefficient (Wildman–Crippen LogP) is 3.61. The number of rotatable bonds is 6. The third kappa shape index (κ3) is 3.50. The first-order chi connectivity index (χ1) is 11.2. The highest BCUT2D eigenvalue weighted by molar-refractivity contribution is 7.98. The van der Waals surface area contributed by atoms with Crippen molar-refractivity contribution >= 4 is 22.7 Å². The lowest BCUT2D eigenvalue weighted by molar-refractivity contribution is 0.421. The zero-order chi connectivity index (χ0) is 16.2. The van der Waals surface area contributed by atoms with Crippen LogP contribution in [0.1, 0.15) is 31.4 Å². The Labute approximate surface area is 138 Å². The number of aromatic nitrogens is 5. The summed E-state index contributed by atoms with van der Waals surface area (Å²) in [6, 6.07) is 7.98. The molecule has 0 unspecified atom stereocenters. The second kappa shape index (κ2) is 7.04. The first kappa shape index (κ1) is 15.9. The molecule has 0 spiro atoms. The van der Waals surface area contributed by atoms with Crippen LogP contribution in [-0.2, 0) is 12.3 Å². The zero-order valence-electron chi connectivity index (χ0n) is 13.1. The van der Waals surface area contributed by atoms with Gasteiger partial charge in [0.15, 0.2) is 0 Å². The third-order valence-electron chi connectivity index (χ3n) is 3.43. The van der Waals surface area contributed by atoms with Gasteiger partial charge in [0.25, 0.3) is 0 Å². The molecule has 3 rings (SSSR count). The van der Waals surface area contributed by atoms with Gasteiger partial charge in [-0.05, 0) is 6.07 Å². The number of benzene rings is 1. The van der Waals surface area contributed by atoms with Crippen LogP contribution in [0.3, 0.4) is 0 Å². The number of para-hydroxylation sites is 1. The summed E-state index contributed by atoms with van der Waals surface area (Å²) in [6.45, 7) is 3.94. The molecule has 0 amide bonds. The highest BCUT2D eigenvalue weighted by Crippen LogP contribution is 2.28. The molecule has 0 bridgehead atoms. The Balaban J connectivity index is 1.91. The minimum Gasteiger partial charge on any atom is -0.249 e. The van der Waals surface area contributed by atoms with E-state index >= 15 is 0 Å². The van der Waals surface area contributed by atoms with Crippen LogP contribution in [-0.4, -0.2) is 31.4 Å². The highest BCUT2D eigenvalue weighted by Gasteiger charge is 2.12. The number of nitrogens with zero attached hydrogens (tertiary/aromatic N) is 5. The molecule has 0 atom stereocenters. The molecule has 1 aromatic carbocycles. The minimum atomic E-state index is -0.449. The van der Waals surface area contributed by atoms with Crippen LogP contribution < -0.4 is 0 Å². The van der Waals surface area contributed by atoms with Crippen molar-refractivity contribution in [3.8, 4) is 0 Å². The van der Waals surface area contributed by atoms with Crippen LogP contribution in [0.4, 0.5) is 4.39 Å². The lowest BCUT2D eigenvalue weighted by Crippen LogP contribution is -2.06. The van der Waals surface area contributed by atoms with Gasteiger partial charge in [0.2, 0.25) is 0 Å². The number of hydrogen-bond acceptors (Lipinski definition) is 5. The van der Waals surface area contributed by atoms with E-state index in [1.165, 1.54) is 6.33 Å². The molecule has 5 nitrogen and oxygen atoms in total. The van der Waals surface area contributed by atoms with Crippen molar-refractivity contribution in [3.63, 3.8) is 0 Å². The summed E-state index contributed by atoms with van der Waals surface area (Å²) in [5.41, 5.74) is 0.943. The Morgan fingerprint density at radius 3 is 2.83 bits per heavy atom. The van der Waals surface area contributed by atoms with Crippen molar-refractivity contribution in [1.82, 2.24) is 24.7 Å². The number of alkyl halides is 1. The van der Waals surface area contributed by atoms with Gasteiger partial charge in [0, 0.05) is 11.3 Å². The molecule has 2 heterocycles. The number of halogens is 1. The molecule has 0 saturated heterocycles. The molecule has 0 N–H and O–H groups in total. The first-order valence-electron chi connectivity index (χ1n) is 7.51. The smallest absolute Gasteiger partial charge is 0.138 e. The predicted molar refractivity (Wildman–Crippen MR) is 89.2 cm³/mol. The fourth-order valence-corrected chi connectivity index (χ4v) is 3.21. The second-order valence-corrected chi connectivity index (χ2v) is 6.40. The van der Waals surface area contributed by atoms with E-state index in [2.05, 4.69) is 28.9 Å². The Hall–Kier alpha value is -2.02. The van der Waals surface area contributed by atoms with Gasteiger partial charge in [-0.3, -0.25) is 0 Å². The van der Waals surface area contributed by atoms with Crippen LogP contribution >= 0.6 is 11.8 Å².